The highest BCUT2D eigenvalue weighted by Gasteiger charge is 2.13. The van der Waals surface area contributed by atoms with Crippen molar-refractivity contribution in [3.05, 3.63) is 47.2 Å². The zero-order valence-electron chi connectivity index (χ0n) is 14.9. The molecule has 0 radical (unpaired) electrons. The summed E-state index contributed by atoms with van der Waals surface area (Å²) in [7, 11) is 0. The Morgan fingerprint density at radius 1 is 1.16 bits per heavy atom. The van der Waals surface area contributed by atoms with Crippen LogP contribution in [-0.4, -0.2) is 42.3 Å². The summed E-state index contributed by atoms with van der Waals surface area (Å²) >= 11 is 0. The van der Waals surface area contributed by atoms with Crippen molar-refractivity contribution in [2.24, 2.45) is 0 Å². The van der Waals surface area contributed by atoms with Gasteiger partial charge >= 0.3 is 0 Å². The van der Waals surface area contributed by atoms with E-state index in [9.17, 15) is 4.79 Å². The molecule has 0 spiro atoms. The van der Waals surface area contributed by atoms with Gasteiger partial charge in [-0.15, -0.1) is 5.10 Å². The van der Waals surface area contributed by atoms with Crippen LogP contribution in [0.25, 0.3) is 0 Å². The van der Waals surface area contributed by atoms with Gasteiger partial charge in [-0.3, -0.25) is 4.79 Å². The van der Waals surface area contributed by atoms with E-state index in [1.165, 1.54) is 12.8 Å². The van der Waals surface area contributed by atoms with Crippen LogP contribution in [0.2, 0.25) is 0 Å². The number of nitrogens with zero attached hydrogens (tertiary/aromatic N) is 3. The summed E-state index contributed by atoms with van der Waals surface area (Å²) in [6, 6.07) is 7.87. The van der Waals surface area contributed by atoms with Gasteiger partial charge in [0, 0.05) is 37.8 Å². The smallest absolute Gasteiger partial charge is 0.251 e. The third-order valence-electron chi connectivity index (χ3n) is 4.45. The Morgan fingerprint density at radius 2 is 1.96 bits per heavy atom. The molecule has 0 saturated carbocycles. The van der Waals surface area contributed by atoms with Crippen molar-refractivity contribution in [2.75, 3.05) is 36.4 Å². The number of carbonyl (C=O) groups excluding carboxylic acids is 1. The maximum atomic E-state index is 12.2. The summed E-state index contributed by atoms with van der Waals surface area (Å²) in [6.07, 6.45) is 4.27. The molecule has 1 amide bonds. The first-order valence-corrected chi connectivity index (χ1v) is 8.80. The fourth-order valence-corrected chi connectivity index (χ4v) is 3.12. The minimum Gasteiger partial charge on any atom is -0.370 e. The predicted octanol–water partition coefficient (Wildman–Crippen LogP) is 2.54. The molecule has 0 bridgehead atoms. The van der Waals surface area contributed by atoms with Gasteiger partial charge < -0.3 is 15.5 Å². The van der Waals surface area contributed by atoms with Crippen molar-refractivity contribution in [1.82, 2.24) is 15.5 Å². The average molecular weight is 339 g/mol. The monoisotopic (exact) mass is 339 g/mol. The zero-order valence-corrected chi connectivity index (χ0v) is 14.9. The number of aromatic nitrogens is 2. The van der Waals surface area contributed by atoms with Crippen molar-refractivity contribution in [3.8, 4) is 0 Å². The van der Waals surface area contributed by atoms with Gasteiger partial charge in [0.25, 0.3) is 5.91 Å². The third-order valence-corrected chi connectivity index (χ3v) is 4.45. The molecule has 2 N–H and O–H groups in total. The van der Waals surface area contributed by atoms with E-state index in [1.54, 1.807) is 6.20 Å². The quantitative estimate of drug-likeness (QED) is 0.792. The van der Waals surface area contributed by atoms with Gasteiger partial charge in [-0.25, -0.2) is 0 Å². The molecule has 2 aromatic rings. The average Bonchev–Trinajstić information content (AvgIpc) is 3.13. The Balaban J connectivity index is 1.48. The van der Waals surface area contributed by atoms with Crippen LogP contribution in [0, 0.1) is 13.8 Å². The molecule has 1 saturated heterocycles. The molecular weight excluding hydrogens is 314 g/mol. The second-order valence-electron chi connectivity index (χ2n) is 6.49. The topological polar surface area (TPSA) is 70.2 Å². The molecule has 2 heterocycles. The molecular formula is C19H25N5O. The normalized spacial score (nSPS) is 13.8. The van der Waals surface area contributed by atoms with Crippen LogP contribution in [-0.2, 0) is 0 Å². The lowest BCUT2D eigenvalue weighted by Gasteiger charge is -2.17. The van der Waals surface area contributed by atoms with E-state index in [0.29, 0.717) is 13.1 Å². The molecule has 1 aromatic carbocycles. The van der Waals surface area contributed by atoms with Gasteiger partial charge in [0.1, 0.15) is 0 Å². The number of anilines is 2. The number of hydrogen-bond donors (Lipinski definition) is 2. The second kappa shape index (κ2) is 7.96. The lowest BCUT2D eigenvalue weighted by atomic mass is 10.1. The summed E-state index contributed by atoms with van der Waals surface area (Å²) < 4.78 is 0. The first-order valence-electron chi connectivity index (χ1n) is 8.80. The highest BCUT2D eigenvalue weighted by atomic mass is 16.1. The van der Waals surface area contributed by atoms with Crippen molar-refractivity contribution in [3.63, 3.8) is 0 Å². The maximum Gasteiger partial charge on any atom is 0.251 e. The fraction of sp³-hybridized carbons (Fsp3) is 0.421. The molecule has 1 fully saturated rings. The van der Waals surface area contributed by atoms with E-state index in [4.69, 9.17) is 0 Å². The summed E-state index contributed by atoms with van der Waals surface area (Å²) in [5.41, 5.74) is 3.98. The minimum absolute atomic E-state index is 0.0452. The minimum atomic E-state index is -0.0452. The van der Waals surface area contributed by atoms with Crippen LogP contribution in [0.5, 0.6) is 0 Å². The third kappa shape index (κ3) is 4.47. The number of hydrogen-bond acceptors (Lipinski definition) is 5. The van der Waals surface area contributed by atoms with Gasteiger partial charge in [0.15, 0.2) is 5.82 Å². The second-order valence-corrected chi connectivity index (χ2v) is 6.49. The Morgan fingerprint density at radius 3 is 2.72 bits per heavy atom. The van der Waals surface area contributed by atoms with E-state index in [2.05, 4.69) is 25.7 Å². The highest BCUT2D eigenvalue weighted by Crippen LogP contribution is 2.20. The van der Waals surface area contributed by atoms with E-state index in [1.807, 2.05) is 38.1 Å². The molecule has 6 heteroatoms. The highest BCUT2D eigenvalue weighted by molar-refractivity contribution is 5.95. The van der Waals surface area contributed by atoms with Crippen molar-refractivity contribution < 1.29 is 4.79 Å². The van der Waals surface area contributed by atoms with Gasteiger partial charge in [0.2, 0.25) is 0 Å². The molecule has 1 aromatic heterocycles. The summed E-state index contributed by atoms with van der Waals surface area (Å²) in [5.74, 6) is 0.696. The van der Waals surface area contributed by atoms with Crippen LogP contribution in [0.3, 0.4) is 0 Å². The molecule has 0 atom stereocenters. The number of nitrogens with one attached hydrogen (secondary N) is 2. The van der Waals surface area contributed by atoms with Gasteiger partial charge in [-0.2, -0.15) is 5.10 Å². The Hall–Kier alpha value is -2.63. The maximum absolute atomic E-state index is 12.2. The lowest BCUT2D eigenvalue weighted by Crippen LogP contribution is -2.29. The summed E-state index contributed by atoms with van der Waals surface area (Å²) in [4.78, 5) is 14.6. The van der Waals surface area contributed by atoms with Crippen LogP contribution >= 0.6 is 0 Å². The number of carbonyl (C=O) groups is 1. The van der Waals surface area contributed by atoms with Crippen LogP contribution in [0.1, 0.15) is 34.3 Å². The van der Waals surface area contributed by atoms with E-state index in [0.717, 1.165) is 41.3 Å². The molecule has 132 valence electrons. The number of amides is 1. The van der Waals surface area contributed by atoms with Gasteiger partial charge in [-0.1, -0.05) is 17.7 Å². The molecule has 6 nitrogen and oxygen atoms in total. The van der Waals surface area contributed by atoms with Crippen LogP contribution in [0.4, 0.5) is 11.5 Å². The zero-order chi connectivity index (χ0) is 17.6. The van der Waals surface area contributed by atoms with E-state index >= 15 is 0 Å². The SMILES string of the molecule is Cc1ccc(C(=O)NCCNc2cc(N3CCCC3)cnn2)c(C)c1. The lowest BCUT2D eigenvalue weighted by molar-refractivity contribution is 0.0954. The number of rotatable bonds is 6. The Labute approximate surface area is 148 Å². The molecule has 0 unspecified atom stereocenters. The van der Waals surface area contributed by atoms with Gasteiger partial charge in [0.05, 0.1) is 11.9 Å². The Bertz CT molecular complexity index is 740. The number of benzene rings is 1. The first kappa shape index (κ1) is 17.2. The van der Waals surface area contributed by atoms with Crippen molar-refractivity contribution >= 4 is 17.4 Å². The molecule has 25 heavy (non-hydrogen) atoms. The van der Waals surface area contributed by atoms with E-state index < -0.39 is 0 Å². The molecule has 3 rings (SSSR count). The largest absolute Gasteiger partial charge is 0.370 e. The van der Waals surface area contributed by atoms with Crippen molar-refractivity contribution in [2.45, 2.75) is 26.7 Å². The standard InChI is InChI=1S/C19H25N5O/c1-14-5-6-17(15(2)11-14)19(25)21-8-7-20-18-12-16(13-22-23-18)24-9-3-4-10-24/h5-6,11-13H,3-4,7-10H2,1-2H3,(H,20,23)(H,21,25). The molecule has 1 aliphatic rings. The summed E-state index contributed by atoms with van der Waals surface area (Å²) in [6.45, 7) is 7.28. The first-order chi connectivity index (χ1) is 12.1. The Kier molecular flexibility index (Phi) is 5.48. The van der Waals surface area contributed by atoms with Gasteiger partial charge in [-0.05, 0) is 38.3 Å². The van der Waals surface area contributed by atoms with Crippen LogP contribution < -0.4 is 15.5 Å². The van der Waals surface area contributed by atoms with Crippen molar-refractivity contribution in [1.29, 1.82) is 0 Å². The summed E-state index contributed by atoms with van der Waals surface area (Å²) in [5, 5.41) is 14.3. The van der Waals surface area contributed by atoms with Crippen LogP contribution in [0.15, 0.2) is 30.5 Å². The predicted molar refractivity (Wildman–Crippen MR) is 100 cm³/mol. The molecule has 0 aliphatic carbocycles. The molecule has 1 aliphatic heterocycles. The fourth-order valence-electron chi connectivity index (χ4n) is 3.12. The number of aryl methyl sites for hydroxylation is 2. The van der Waals surface area contributed by atoms with E-state index in [-0.39, 0.29) is 5.91 Å².